The van der Waals surface area contributed by atoms with E-state index in [9.17, 15) is 9.59 Å². The smallest absolute Gasteiger partial charge is 0.274 e. The molecule has 3 aromatic rings. The third-order valence-electron chi connectivity index (χ3n) is 5.62. The van der Waals surface area contributed by atoms with Crippen LogP contribution in [0.1, 0.15) is 28.7 Å². The van der Waals surface area contributed by atoms with E-state index in [2.05, 4.69) is 9.97 Å². The highest BCUT2D eigenvalue weighted by molar-refractivity contribution is 6.31. The number of piperazine rings is 1. The number of benzene rings is 1. The Morgan fingerprint density at radius 1 is 1.13 bits per heavy atom. The normalized spacial score (nSPS) is 14.3. The van der Waals surface area contributed by atoms with E-state index in [-0.39, 0.29) is 24.1 Å². The second kappa shape index (κ2) is 8.16. The van der Waals surface area contributed by atoms with Crippen molar-refractivity contribution in [2.45, 2.75) is 20.4 Å². The molecule has 3 heterocycles. The van der Waals surface area contributed by atoms with E-state index in [1.165, 1.54) is 6.92 Å². The summed E-state index contributed by atoms with van der Waals surface area (Å²) in [6.45, 7) is 5.58. The Kier molecular flexibility index (Phi) is 5.55. The summed E-state index contributed by atoms with van der Waals surface area (Å²) in [5, 5.41) is 0.531. The van der Waals surface area contributed by atoms with Crippen LogP contribution in [0.4, 0.5) is 5.69 Å². The number of nitrogen functional groups attached to an aromatic ring is 1. The maximum Gasteiger partial charge on any atom is 0.274 e. The molecule has 0 bridgehead atoms. The molecule has 0 radical (unpaired) electrons. The first-order valence-electron chi connectivity index (χ1n) is 9.99. The van der Waals surface area contributed by atoms with Crippen LogP contribution in [0.3, 0.4) is 0 Å². The quantitative estimate of drug-likeness (QED) is 0.596. The maximum atomic E-state index is 13.1. The highest BCUT2D eigenvalue weighted by Gasteiger charge is 2.26. The van der Waals surface area contributed by atoms with Gasteiger partial charge in [-0.05, 0) is 25.1 Å². The van der Waals surface area contributed by atoms with Crippen LogP contribution in [0.25, 0.3) is 17.0 Å². The number of hydrogen-bond acceptors (Lipinski definition) is 6. The summed E-state index contributed by atoms with van der Waals surface area (Å²) in [6.07, 6.45) is 1.67. The van der Waals surface area contributed by atoms with Crippen molar-refractivity contribution in [3.63, 3.8) is 0 Å². The van der Waals surface area contributed by atoms with Gasteiger partial charge >= 0.3 is 0 Å². The molecule has 0 saturated carbocycles. The van der Waals surface area contributed by atoms with Crippen LogP contribution in [0.2, 0.25) is 5.02 Å². The van der Waals surface area contributed by atoms with Gasteiger partial charge in [-0.3, -0.25) is 14.0 Å². The topological polar surface area (TPSA) is 123 Å². The highest BCUT2D eigenvalue weighted by Crippen LogP contribution is 2.32. The first kappa shape index (κ1) is 21.1. The fourth-order valence-corrected chi connectivity index (χ4v) is 4.10. The van der Waals surface area contributed by atoms with Gasteiger partial charge < -0.3 is 21.3 Å². The number of nitrogens with two attached hydrogens (primary N) is 2. The van der Waals surface area contributed by atoms with Crippen molar-refractivity contribution in [3.8, 4) is 11.3 Å². The van der Waals surface area contributed by atoms with Crippen molar-refractivity contribution >= 4 is 34.9 Å². The zero-order valence-electron chi connectivity index (χ0n) is 17.4. The lowest BCUT2D eigenvalue weighted by Crippen LogP contribution is -2.50. The summed E-state index contributed by atoms with van der Waals surface area (Å²) in [5.74, 6) is 0.208. The average Bonchev–Trinajstić information content (AvgIpc) is 3.16. The predicted octanol–water partition coefficient (Wildman–Crippen LogP) is 1.70. The van der Waals surface area contributed by atoms with Crippen LogP contribution in [-0.4, -0.2) is 62.2 Å². The number of amides is 2. The second-order valence-corrected chi connectivity index (χ2v) is 7.99. The Hall–Kier alpha value is -3.17. The van der Waals surface area contributed by atoms with Crippen LogP contribution < -0.4 is 11.5 Å². The molecule has 9 nitrogen and oxygen atoms in total. The molecule has 162 valence electrons. The van der Waals surface area contributed by atoms with Crippen molar-refractivity contribution in [2.24, 2.45) is 5.73 Å². The minimum Gasteiger partial charge on any atom is -0.398 e. The molecule has 10 heteroatoms. The number of anilines is 1. The lowest BCUT2D eigenvalue weighted by atomic mass is 10.0. The van der Waals surface area contributed by atoms with Gasteiger partial charge in [-0.1, -0.05) is 11.6 Å². The molecule has 2 amide bonds. The SMILES string of the molecule is CC(=O)N1CCN(C(=O)c2cn3c(-c4ccc(Cl)cc4N)c(CN)c(C)nc3n2)CC1. The number of imidazole rings is 1. The Bertz CT molecular complexity index is 1180. The van der Waals surface area contributed by atoms with E-state index in [1.807, 2.05) is 13.0 Å². The first-order chi connectivity index (χ1) is 14.8. The number of halogens is 1. The maximum absolute atomic E-state index is 13.1. The Labute approximate surface area is 184 Å². The molecule has 31 heavy (non-hydrogen) atoms. The molecular weight excluding hydrogens is 418 g/mol. The molecule has 1 saturated heterocycles. The zero-order chi connectivity index (χ0) is 22.3. The molecule has 1 aliphatic rings. The van der Waals surface area contributed by atoms with E-state index >= 15 is 0 Å². The summed E-state index contributed by atoms with van der Waals surface area (Å²) in [7, 11) is 0. The molecule has 4 rings (SSSR count). The lowest BCUT2D eigenvalue weighted by Gasteiger charge is -2.33. The van der Waals surface area contributed by atoms with Crippen LogP contribution in [-0.2, 0) is 11.3 Å². The van der Waals surface area contributed by atoms with E-state index in [0.717, 1.165) is 22.5 Å². The third kappa shape index (κ3) is 3.82. The van der Waals surface area contributed by atoms with Gasteiger partial charge in [-0.25, -0.2) is 9.97 Å². The number of fused-ring (bicyclic) bond motifs is 1. The molecule has 4 N–H and O–H groups in total. The van der Waals surface area contributed by atoms with Gasteiger partial charge in [0.15, 0.2) is 0 Å². The predicted molar refractivity (Wildman–Crippen MR) is 119 cm³/mol. The third-order valence-corrected chi connectivity index (χ3v) is 5.86. The van der Waals surface area contributed by atoms with Gasteiger partial charge in [-0.2, -0.15) is 0 Å². The van der Waals surface area contributed by atoms with Crippen LogP contribution in [0, 0.1) is 6.92 Å². The fourth-order valence-electron chi connectivity index (χ4n) is 3.92. The average molecular weight is 442 g/mol. The van der Waals surface area contributed by atoms with Crippen molar-refractivity contribution in [2.75, 3.05) is 31.9 Å². The number of carbonyl (C=O) groups is 2. The molecule has 1 aromatic carbocycles. The summed E-state index contributed by atoms with van der Waals surface area (Å²) >= 11 is 6.08. The van der Waals surface area contributed by atoms with Crippen LogP contribution in [0.5, 0.6) is 0 Å². The monoisotopic (exact) mass is 441 g/mol. The molecule has 0 aliphatic carbocycles. The van der Waals surface area contributed by atoms with Crippen molar-refractivity contribution in [1.29, 1.82) is 0 Å². The molecule has 1 fully saturated rings. The largest absolute Gasteiger partial charge is 0.398 e. The number of hydrogen-bond donors (Lipinski definition) is 2. The Morgan fingerprint density at radius 3 is 2.42 bits per heavy atom. The van der Waals surface area contributed by atoms with E-state index in [0.29, 0.717) is 42.7 Å². The number of aromatic nitrogens is 3. The van der Waals surface area contributed by atoms with E-state index in [4.69, 9.17) is 23.1 Å². The summed E-state index contributed by atoms with van der Waals surface area (Å²) < 4.78 is 1.76. The van der Waals surface area contributed by atoms with E-state index < -0.39 is 0 Å². The van der Waals surface area contributed by atoms with E-state index in [1.54, 1.807) is 32.5 Å². The first-order valence-corrected chi connectivity index (χ1v) is 10.4. The fraction of sp³-hybridized carbons (Fsp3) is 0.333. The Balaban J connectivity index is 1.77. The minimum absolute atomic E-state index is 0.0130. The van der Waals surface area contributed by atoms with Crippen LogP contribution in [0.15, 0.2) is 24.4 Å². The van der Waals surface area contributed by atoms with Crippen LogP contribution >= 0.6 is 11.6 Å². The molecule has 0 spiro atoms. The summed E-state index contributed by atoms with van der Waals surface area (Å²) in [5.41, 5.74) is 16.1. The minimum atomic E-state index is -0.198. The van der Waals surface area contributed by atoms with Gasteiger partial charge in [0.2, 0.25) is 11.7 Å². The number of nitrogens with zero attached hydrogens (tertiary/aromatic N) is 5. The summed E-state index contributed by atoms with van der Waals surface area (Å²) in [4.78, 5) is 37.1. The molecule has 0 atom stereocenters. The van der Waals surface area contributed by atoms with Crippen molar-refractivity contribution in [3.05, 3.63) is 46.4 Å². The summed E-state index contributed by atoms with van der Waals surface area (Å²) in [6, 6.07) is 5.26. The van der Waals surface area contributed by atoms with Gasteiger partial charge in [0.1, 0.15) is 5.69 Å². The highest BCUT2D eigenvalue weighted by atomic mass is 35.5. The number of rotatable bonds is 3. The second-order valence-electron chi connectivity index (χ2n) is 7.55. The lowest BCUT2D eigenvalue weighted by molar-refractivity contribution is -0.130. The molecule has 1 aliphatic heterocycles. The van der Waals surface area contributed by atoms with Gasteiger partial charge in [-0.15, -0.1) is 0 Å². The van der Waals surface area contributed by atoms with Crippen molar-refractivity contribution < 1.29 is 9.59 Å². The van der Waals surface area contributed by atoms with Crippen molar-refractivity contribution in [1.82, 2.24) is 24.2 Å². The Morgan fingerprint density at radius 2 is 1.81 bits per heavy atom. The zero-order valence-corrected chi connectivity index (χ0v) is 18.2. The standard InChI is InChI=1S/C21H24ClN7O2/c1-12-16(10-23)19(15-4-3-14(22)9-17(15)24)29-11-18(26-21(29)25-12)20(31)28-7-5-27(6-8-28)13(2)30/h3-4,9,11H,5-8,10,23-24H2,1-2H3. The molecular formula is C21H24ClN7O2. The molecule has 2 aromatic heterocycles. The number of aryl methyl sites for hydroxylation is 1. The van der Waals surface area contributed by atoms with Gasteiger partial charge in [0.05, 0.1) is 5.69 Å². The van der Waals surface area contributed by atoms with Gasteiger partial charge in [0, 0.05) is 73.4 Å². The number of carbonyl (C=O) groups excluding carboxylic acids is 2. The molecule has 0 unspecified atom stereocenters. The van der Waals surface area contributed by atoms with Gasteiger partial charge in [0.25, 0.3) is 5.91 Å².